The van der Waals surface area contributed by atoms with Gasteiger partial charge in [-0.2, -0.15) is 5.10 Å². The first-order chi connectivity index (χ1) is 6.79. The fraction of sp³-hybridized carbons (Fsp3) is 0.556. The van der Waals surface area contributed by atoms with E-state index in [4.69, 9.17) is 16.3 Å². The summed E-state index contributed by atoms with van der Waals surface area (Å²) in [5.41, 5.74) is 0. The summed E-state index contributed by atoms with van der Waals surface area (Å²) in [5, 5.41) is 4.68. The third-order valence-corrected chi connectivity index (χ3v) is 2.62. The second kappa shape index (κ2) is 4.11. The third kappa shape index (κ3) is 1.96. The molecule has 0 radical (unpaired) electrons. The van der Waals surface area contributed by atoms with Crippen LogP contribution < -0.4 is 0 Å². The summed E-state index contributed by atoms with van der Waals surface area (Å²) in [6.07, 6.45) is 4.83. The van der Waals surface area contributed by atoms with Crippen molar-refractivity contribution in [1.82, 2.24) is 9.78 Å². The van der Waals surface area contributed by atoms with Crippen molar-refractivity contribution < 1.29 is 9.53 Å². The van der Waals surface area contributed by atoms with Crippen molar-refractivity contribution in [2.75, 3.05) is 6.61 Å². The molecule has 0 aromatic carbocycles. The first-order valence-electron chi connectivity index (χ1n) is 4.54. The minimum absolute atomic E-state index is 0.225. The normalized spacial score (nSPS) is 26.6. The predicted octanol–water partition coefficient (Wildman–Crippen LogP) is 1.14. The maximum Gasteiger partial charge on any atom is 0.149 e. The summed E-state index contributed by atoms with van der Waals surface area (Å²) in [6, 6.07) is 0. The van der Waals surface area contributed by atoms with Crippen molar-refractivity contribution in [1.29, 1.82) is 0 Å². The van der Waals surface area contributed by atoms with Gasteiger partial charge >= 0.3 is 0 Å². The van der Waals surface area contributed by atoms with Crippen LogP contribution in [-0.4, -0.2) is 28.8 Å². The molecular weight excluding hydrogens is 204 g/mol. The van der Waals surface area contributed by atoms with E-state index in [1.54, 1.807) is 17.1 Å². The largest absolute Gasteiger partial charge is 0.370 e. The molecule has 1 aromatic heterocycles. The zero-order valence-corrected chi connectivity index (χ0v) is 8.35. The number of aldehydes is 1. The Bertz CT molecular complexity index is 326. The molecule has 5 heteroatoms. The Morgan fingerprint density at radius 2 is 2.64 bits per heavy atom. The van der Waals surface area contributed by atoms with Gasteiger partial charge in [-0.25, -0.2) is 0 Å². The average Bonchev–Trinajstić information content (AvgIpc) is 2.76. The standard InChI is InChI=1S/C9H11ClN2O2/c10-8-3-11-12(5-8)4-7-1-2-14-9(7)6-13/h3,5-7,9H,1-2,4H2. The molecule has 1 aliphatic rings. The zero-order chi connectivity index (χ0) is 9.97. The Kier molecular flexibility index (Phi) is 2.84. The van der Waals surface area contributed by atoms with Crippen LogP contribution in [0, 0.1) is 5.92 Å². The molecule has 14 heavy (non-hydrogen) atoms. The van der Waals surface area contributed by atoms with E-state index in [-0.39, 0.29) is 12.0 Å². The van der Waals surface area contributed by atoms with E-state index in [0.717, 1.165) is 12.7 Å². The van der Waals surface area contributed by atoms with E-state index in [2.05, 4.69) is 5.10 Å². The minimum Gasteiger partial charge on any atom is -0.370 e. The van der Waals surface area contributed by atoms with Gasteiger partial charge in [0.25, 0.3) is 0 Å². The van der Waals surface area contributed by atoms with E-state index in [9.17, 15) is 4.79 Å². The molecule has 0 N–H and O–H groups in total. The van der Waals surface area contributed by atoms with E-state index >= 15 is 0 Å². The van der Waals surface area contributed by atoms with Gasteiger partial charge in [-0.05, 0) is 6.42 Å². The number of carbonyl (C=O) groups is 1. The summed E-state index contributed by atoms with van der Waals surface area (Å²) < 4.78 is 7.00. The second-order valence-corrected chi connectivity index (χ2v) is 3.84. The highest BCUT2D eigenvalue weighted by atomic mass is 35.5. The molecule has 0 spiro atoms. The monoisotopic (exact) mass is 214 g/mol. The zero-order valence-electron chi connectivity index (χ0n) is 7.60. The Labute approximate surface area is 86.8 Å². The minimum atomic E-state index is -0.280. The average molecular weight is 215 g/mol. The van der Waals surface area contributed by atoms with E-state index in [1.807, 2.05) is 0 Å². The fourth-order valence-corrected chi connectivity index (χ4v) is 1.84. The van der Waals surface area contributed by atoms with Crippen LogP contribution in [-0.2, 0) is 16.1 Å². The molecule has 1 aliphatic heterocycles. The van der Waals surface area contributed by atoms with Gasteiger partial charge in [0.15, 0.2) is 0 Å². The number of rotatable bonds is 3. The Balaban J connectivity index is 2.00. The lowest BCUT2D eigenvalue weighted by atomic mass is 10.0. The smallest absolute Gasteiger partial charge is 0.149 e. The van der Waals surface area contributed by atoms with Crippen LogP contribution >= 0.6 is 11.6 Å². The van der Waals surface area contributed by atoms with Gasteiger partial charge in [0.05, 0.1) is 11.2 Å². The van der Waals surface area contributed by atoms with Crippen molar-refractivity contribution in [2.24, 2.45) is 5.92 Å². The Morgan fingerprint density at radius 1 is 1.79 bits per heavy atom. The molecule has 2 unspecified atom stereocenters. The lowest BCUT2D eigenvalue weighted by molar-refractivity contribution is -0.117. The van der Waals surface area contributed by atoms with Crippen LogP contribution in [0.15, 0.2) is 12.4 Å². The summed E-state index contributed by atoms with van der Waals surface area (Å²) >= 11 is 5.73. The van der Waals surface area contributed by atoms with Crippen molar-refractivity contribution in [3.63, 3.8) is 0 Å². The summed E-state index contributed by atoms with van der Waals surface area (Å²) in [6.45, 7) is 1.35. The van der Waals surface area contributed by atoms with Gasteiger partial charge in [0.2, 0.25) is 0 Å². The number of carbonyl (C=O) groups excluding carboxylic acids is 1. The molecule has 0 amide bonds. The fourth-order valence-electron chi connectivity index (χ4n) is 1.68. The number of hydrogen-bond acceptors (Lipinski definition) is 3. The number of nitrogens with zero attached hydrogens (tertiary/aromatic N) is 2. The highest BCUT2D eigenvalue weighted by Gasteiger charge is 2.28. The van der Waals surface area contributed by atoms with Gasteiger partial charge < -0.3 is 9.53 Å². The first-order valence-corrected chi connectivity index (χ1v) is 4.92. The molecule has 1 aromatic rings. The molecule has 1 fully saturated rings. The molecule has 0 aliphatic carbocycles. The van der Waals surface area contributed by atoms with Gasteiger partial charge in [-0.3, -0.25) is 4.68 Å². The summed E-state index contributed by atoms with van der Waals surface area (Å²) in [7, 11) is 0. The van der Waals surface area contributed by atoms with Crippen LogP contribution in [0.2, 0.25) is 5.02 Å². The summed E-state index contributed by atoms with van der Waals surface area (Å²) in [5.74, 6) is 0.225. The molecule has 0 bridgehead atoms. The van der Waals surface area contributed by atoms with Crippen molar-refractivity contribution in [3.8, 4) is 0 Å². The van der Waals surface area contributed by atoms with E-state index in [1.165, 1.54) is 0 Å². The molecule has 0 saturated carbocycles. The van der Waals surface area contributed by atoms with Crippen LogP contribution in [0.3, 0.4) is 0 Å². The number of aromatic nitrogens is 2. The highest BCUT2D eigenvalue weighted by Crippen LogP contribution is 2.21. The van der Waals surface area contributed by atoms with Crippen LogP contribution in [0.1, 0.15) is 6.42 Å². The molecule has 1 saturated heterocycles. The van der Waals surface area contributed by atoms with Crippen LogP contribution in [0.5, 0.6) is 0 Å². The lowest BCUT2D eigenvalue weighted by Gasteiger charge is -2.12. The highest BCUT2D eigenvalue weighted by molar-refractivity contribution is 6.30. The third-order valence-electron chi connectivity index (χ3n) is 2.42. The van der Waals surface area contributed by atoms with Crippen molar-refractivity contribution in [3.05, 3.63) is 17.4 Å². The van der Waals surface area contributed by atoms with Crippen molar-refractivity contribution >= 4 is 17.9 Å². The van der Waals surface area contributed by atoms with Crippen molar-refractivity contribution in [2.45, 2.75) is 19.1 Å². The molecule has 76 valence electrons. The van der Waals surface area contributed by atoms with Gasteiger partial charge in [-0.1, -0.05) is 11.6 Å². The van der Waals surface area contributed by atoms with E-state index in [0.29, 0.717) is 18.2 Å². The lowest BCUT2D eigenvalue weighted by Crippen LogP contribution is -2.22. The Morgan fingerprint density at radius 3 is 3.29 bits per heavy atom. The molecule has 2 heterocycles. The van der Waals surface area contributed by atoms with Crippen LogP contribution in [0.4, 0.5) is 0 Å². The first kappa shape index (κ1) is 9.68. The molecular formula is C9H11ClN2O2. The predicted molar refractivity (Wildman–Crippen MR) is 51.1 cm³/mol. The SMILES string of the molecule is O=CC1OCCC1Cn1cc(Cl)cn1. The molecule has 2 rings (SSSR count). The van der Waals surface area contributed by atoms with Gasteiger partial charge in [0.1, 0.15) is 12.4 Å². The molecule has 2 atom stereocenters. The Hall–Kier alpha value is -0.870. The number of halogens is 1. The maximum absolute atomic E-state index is 10.6. The maximum atomic E-state index is 10.6. The van der Waals surface area contributed by atoms with Gasteiger partial charge in [0, 0.05) is 25.3 Å². The second-order valence-electron chi connectivity index (χ2n) is 3.40. The molecule has 4 nitrogen and oxygen atoms in total. The summed E-state index contributed by atoms with van der Waals surface area (Å²) in [4.78, 5) is 10.6. The van der Waals surface area contributed by atoms with E-state index < -0.39 is 0 Å². The van der Waals surface area contributed by atoms with Gasteiger partial charge in [-0.15, -0.1) is 0 Å². The topological polar surface area (TPSA) is 44.1 Å². The number of hydrogen-bond donors (Lipinski definition) is 0. The number of ether oxygens (including phenoxy) is 1. The quantitative estimate of drug-likeness (QED) is 0.709. The van der Waals surface area contributed by atoms with Crippen LogP contribution in [0.25, 0.3) is 0 Å².